The summed E-state index contributed by atoms with van der Waals surface area (Å²) in [6, 6.07) is 11.1. The zero-order valence-corrected chi connectivity index (χ0v) is 10.1. The van der Waals surface area contributed by atoms with Crippen LogP contribution < -0.4 is 9.47 Å². The minimum absolute atomic E-state index is 0.456. The molecule has 17 heavy (non-hydrogen) atoms. The Labute approximate surface area is 105 Å². The Balaban J connectivity index is 1.99. The predicted octanol–water partition coefficient (Wildman–Crippen LogP) is 3.32. The van der Waals surface area contributed by atoms with Gasteiger partial charge in [0.1, 0.15) is 23.3 Å². The van der Waals surface area contributed by atoms with Crippen molar-refractivity contribution in [3.63, 3.8) is 0 Å². The first-order valence-corrected chi connectivity index (χ1v) is 5.53. The number of pyridine rings is 1. The summed E-state index contributed by atoms with van der Waals surface area (Å²) in [4.78, 5) is 3.99. The number of ether oxygens (including phenoxy) is 2. The van der Waals surface area contributed by atoms with Gasteiger partial charge in [-0.1, -0.05) is 23.7 Å². The van der Waals surface area contributed by atoms with Crippen LogP contribution >= 0.6 is 11.6 Å². The summed E-state index contributed by atoms with van der Waals surface area (Å²) in [7, 11) is 1.63. The zero-order chi connectivity index (χ0) is 12.1. The van der Waals surface area contributed by atoms with Gasteiger partial charge in [0.2, 0.25) is 0 Å². The van der Waals surface area contributed by atoms with E-state index in [0.717, 1.165) is 17.1 Å². The number of hydrogen-bond acceptors (Lipinski definition) is 3. The third-order valence-electron chi connectivity index (χ3n) is 2.24. The van der Waals surface area contributed by atoms with Gasteiger partial charge in [0.15, 0.2) is 0 Å². The van der Waals surface area contributed by atoms with E-state index < -0.39 is 0 Å². The van der Waals surface area contributed by atoms with E-state index in [2.05, 4.69) is 4.98 Å². The molecule has 0 unspecified atom stereocenters. The smallest absolute Gasteiger partial charge is 0.129 e. The summed E-state index contributed by atoms with van der Waals surface area (Å²) in [5, 5.41) is 0.482. The highest BCUT2D eigenvalue weighted by atomic mass is 35.5. The van der Waals surface area contributed by atoms with E-state index in [1.54, 1.807) is 19.4 Å². The average Bonchev–Trinajstić information content (AvgIpc) is 2.38. The van der Waals surface area contributed by atoms with E-state index in [0.29, 0.717) is 11.8 Å². The Hall–Kier alpha value is -1.74. The Morgan fingerprint density at radius 1 is 1.18 bits per heavy atom. The monoisotopic (exact) mass is 249 g/mol. The van der Waals surface area contributed by atoms with Crippen molar-refractivity contribution in [2.75, 3.05) is 7.11 Å². The molecule has 0 aliphatic rings. The van der Waals surface area contributed by atoms with Gasteiger partial charge < -0.3 is 9.47 Å². The highest BCUT2D eigenvalue weighted by Crippen LogP contribution is 2.19. The number of aromatic nitrogens is 1. The summed E-state index contributed by atoms with van der Waals surface area (Å²) in [5.74, 6) is 1.54. The molecule has 0 fully saturated rings. The van der Waals surface area contributed by atoms with Gasteiger partial charge in [0.05, 0.1) is 7.11 Å². The number of benzene rings is 1. The van der Waals surface area contributed by atoms with Crippen molar-refractivity contribution in [2.24, 2.45) is 0 Å². The maximum Gasteiger partial charge on any atom is 0.129 e. The molecule has 0 N–H and O–H groups in total. The molecule has 1 heterocycles. The molecule has 88 valence electrons. The third kappa shape index (κ3) is 3.36. The van der Waals surface area contributed by atoms with E-state index in [4.69, 9.17) is 21.1 Å². The predicted molar refractivity (Wildman–Crippen MR) is 66.6 cm³/mol. The summed E-state index contributed by atoms with van der Waals surface area (Å²) in [6.07, 6.45) is 1.70. The SMILES string of the molecule is COc1cccc(OCc2ccc(Cl)nc2)c1. The van der Waals surface area contributed by atoms with Gasteiger partial charge >= 0.3 is 0 Å². The fourth-order valence-corrected chi connectivity index (χ4v) is 1.46. The number of methoxy groups -OCH3 is 1. The highest BCUT2D eigenvalue weighted by Gasteiger charge is 1.98. The number of nitrogens with zero attached hydrogens (tertiary/aromatic N) is 1. The third-order valence-corrected chi connectivity index (χ3v) is 2.46. The van der Waals surface area contributed by atoms with Crippen LogP contribution in [-0.4, -0.2) is 12.1 Å². The van der Waals surface area contributed by atoms with Crippen LogP contribution in [0.25, 0.3) is 0 Å². The summed E-state index contributed by atoms with van der Waals surface area (Å²) < 4.78 is 10.7. The Morgan fingerprint density at radius 3 is 2.71 bits per heavy atom. The molecule has 0 saturated carbocycles. The normalized spacial score (nSPS) is 10.0. The molecule has 1 aromatic heterocycles. The lowest BCUT2D eigenvalue weighted by molar-refractivity contribution is 0.303. The molecule has 0 radical (unpaired) electrons. The minimum Gasteiger partial charge on any atom is -0.497 e. The van der Waals surface area contributed by atoms with Crippen LogP contribution in [-0.2, 0) is 6.61 Å². The summed E-state index contributed by atoms with van der Waals surface area (Å²) in [5.41, 5.74) is 0.970. The standard InChI is InChI=1S/C13H12ClNO2/c1-16-11-3-2-4-12(7-11)17-9-10-5-6-13(14)15-8-10/h2-8H,9H2,1H3. The lowest BCUT2D eigenvalue weighted by Gasteiger charge is -2.07. The van der Waals surface area contributed by atoms with Crippen molar-refractivity contribution < 1.29 is 9.47 Å². The molecule has 3 nitrogen and oxygen atoms in total. The van der Waals surface area contributed by atoms with Crippen LogP contribution in [0, 0.1) is 0 Å². The molecule has 2 rings (SSSR count). The van der Waals surface area contributed by atoms with Crippen LogP contribution in [0.15, 0.2) is 42.6 Å². The highest BCUT2D eigenvalue weighted by molar-refractivity contribution is 6.29. The molecule has 0 atom stereocenters. The second kappa shape index (κ2) is 5.55. The molecule has 0 spiro atoms. The van der Waals surface area contributed by atoms with Gasteiger partial charge in [-0.25, -0.2) is 4.98 Å². The van der Waals surface area contributed by atoms with Crippen LogP contribution in [0.5, 0.6) is 11.5 Å². The van der Waals surface area contributed by atoms with Crippen molar-refractivity contribution in [2.45, 2.75) is 6.61 Å². The van der Waals surface area contributed by atoms with Crippen molar-refractivity contribution in [3.8, 4) is 11.5 Å². The van der Waals surface area contributed by atoms with Crippen LogP contribution in [0.1, 0.15) is 5.56 Å². The Bertz CT molecular complexity index is 485. The van der Waals surface area contributed by atoms with Gasteiger partial charge in [0, 0.05) is 17.8 Å². The van der Waals surface area contributed by atoms with Crippen LogP contribution in [0.2, 0.25) is 5.15 Å². The first-order valence-electron chi connectivity index (χ1n) is 5.15. The van der Waals surface area contributed by atoms with E-state index in [1.807, 2.05) is 30.3 Å². The van der Waals surface area contributed by atoms with Gasteiger partial charge in [-0.2, -0.15) is 0 Å². The molecule has 1 aromatic carbocycles. The van der Waals surface area contributed by atoms with Crippen molar-refractivity contribution >= 4 is 11.6 Å². The van der Waals surface area contributed by atoms with E-state index in [9.17, 15) is 0 Å². The first kappa shape index (κ1) is 11.7. The lowest BCUT2D eigenvalue weighted by Crippen LogP contribution is -1.96. The van der Waals surface area contributed by atoms with E-state index in [1.165, 1.54) is 0 Å². The number of halogens is 1. The maximum atomic E-state index is 5.70. The van der Waals surface area contributed by atoms with Gasteiger partial charge in [-0.3, -0.25) is 0 Å². The molecular formula is C13H12ClNO2. The fraction of sp³-hybridized carbons (Fsp3) is 0.154. The Morgan fingerprint density at radius 2 is 2.00 bits per heavy atom. The molecule has 2 aromatic rings. The van der Waals surface area contributed by atoms with Crippen molar-refractivity contribution in [3.05, 3.63) is 53.3 Å². The quantitative estimate of drug-likeness (QED) is 0.779. The molecule has 4 heteroatoms. The number of hydrogen-bond donors (Lipinski definition) is 0. The lowest BCUT2D eigenvalue weighted by atomic mass is 10.3. The van der Waals surface area contributed by atoms with Crippen molar-refractivity contribution in [1.29, 1.82) is 0 Å². The maximum absolute atomic E-state index is 5.70. The second-order valence-electron chi connectivity index (χ2n) is 3.46. The fourth-order valence-electron chi connectivity index (χ4n) is 1.35. The van der Waals surface area contributed by atoms with Gasteiger partial charge in [-0.15, -0.1) is 0 Å². The first-order chi connectivity index (χ1) is 8.28. The summed E-state index contributed by atoms with van der Waals surface area (Å²) >= 11 is 5.70. The van der Waals surface area contributed by atoms with Gasteiger partial charge in [-0.05, 0) is 18.2 Å². The van der Waals surface area contributed by atoms with E-state index >= 15 is 0 Å². The van der Waals surface area contributed by atoms with Crippen LogP contribution in [0.4, 0.5) is 0 Å². The molecule has 0 aliphatic carbocycles. The van der Waals surface area contributed by atoms with Crippen molar-refractivity contribution in [1.82, 2.24) is 4.98 Å². The second-order valence-corrected chi connectivity index (χ2v) is 3.84. The largest absolute Gasteiger partial charge is 0.497 e. The molecular weight excluding hydrogens is 238 g/mol. The zero-order valence-electron chi connectivity index (χ0n) is 9.39. The molecule has 0 bridgehead atoms. The minimum atomic E-state index is 0.456. The van der Waals surface area contributed by atoms with Gasteiger partial charge in [0.25, 0.3) is 0 Å². The average molecular weight is 250 g/mol. The molecule has 0 saturated heterocycles. The topological polar surface area (TPSA) is 31.4 Å². The molecule has 0 amide bonds. The molecule has 0 aliphatic heterocycles. The summed E-state index contributed by atoms with van der Waals surface area (Å²) in [6.45, 7) is 0.456. The van der Waals surface area contributed by atoms with Crippen LogP contribution in [0.3, 0.4) is 0 Å². The van der Waals surface area contributed by atoms with E-state index in [-0.39, 0.29) is 0 Å². The Kier molecular flexibility index (Phi) is 3.83. The number of rotatable bonds is 4.